The van der Waals surface area contributed by atoms with Gasteiger partial charge in [-0.05, 0) is 29.8 Å². The Labute approximate surface area is 174 Å². The Kier molecular flexibility index (Phi) is 6.82. The number of benzene rings is 2. The van der Waals surface area contributed by atoms with Crippen LogP contribution >= 0.6 is 11.6 Å². The number of esters is 1. The van der Waals surface area contributed by atoms with Crippen molar-refractivity contribution in [1.29, 1.82) is 0 Å². The topological polar surface area (TPSA) is 74.3 Å². The molecule has 0 unspecified atom stereocenters. The molecule has 1 aliphatic rings. The van der Waals surface area contributed by atoms with Crippen molar-refractivity contribution in [2.24, 2.45) is 0 Å². The number of hydrogen-bond donors (Lipinski definition) is 0. The number of hydrogen-bond acceptors (Lipinski definition) is 6. The molecular weight excluding hydrogens is 398 g/mol. The van der Waals surface area contributed by atoms with Gasteiger partial charge in [0.05, 0.1) is 30.9 Å². The number of carbonyl (C=O) groups excluding carboxylic acids is 2. The molecule has 0 saturated heterocycles. The lowest BCUT2D eigenvalue weighted by atomic mass is 10.2. The van der Waals surface area contributed by atoms with Crippen molar-refractivity contribution in [1.82, 2.24) is 4.90 Å². The van der Waals surface area contributed by atoms with Gasteiger partial charge in [0, 0.05) is 20.0 Å². The summed E-state index contributed by atoms with van der Waals surface area (Å²) >= 11 is 6.19. The van der Waals surface area contributed by atoms with E-state index in [2.05, 4.69) is 0 Å². The zero-order valence-corrected chi connectivity index (χ0v) is 17.0. The monoisotopic (exact) mass is 419 g/mol. The summed E-state index contributed by atoms with van der Waals surface area (Å²) in [5.74, 6) is 0.565. The van der Waals surface area contributed by atoms with E-state index in [0.717, 1.165) is 17.7 Å². The Hall–Kier alpha value is -2.93. The van der Waals surface area contributed by atoms with Gasteiger partial charge in [-0.2, -0.15) is 0 Å². The van der Waals surface area contributed by atoms with Gasteiger partial charge in [-0.3, -0.25) is 4.79 Å². The highest BCUT2D eigenvalue weighted by Crippen LogP contribution is 2.38. The number of rotatable bonds is 6. The van der Waals surface area contributed by atoms with Crippen LogP contribution in [0.1, 0.15) is 22.3 Å². The highest BCUT2D eigenvalue weighted by atomic mass is 35.5. The maximum absolute atomic E-state index is 12.4. The molecule has 3 rings (SSSR count). The summed E-state index contributed by atoms with van der Waals surface area (Å²) < 4.78 is 21.4. The highest BCUT2D eigenvalue weighted by molar-refractivity contribution is 6.32. The zero-order chi connectivity index (χ0) is 20.8. The molecule has 0 fully saturated rings. The molecule has 1 amide bonds. The van der Waals surface area contributed by atoms with Gasteiger partial charge in [0.15, 0.2) is 18.1 Å². The van der Waals surface area contributed by atoms with Gasteiger partial charge >= 0.3 is 5.97 Å². The molecule has 29 heavy (non-hydrogen) atoms. The molecule has 0 saturated carbocycles. The highest BCUT2D eigenvalue weighted by Gasteiger charge is 2.20. The van der Waals surface area contributed by atoms with E-state index >= 15 is 0 Å². The van der Waals surface area contributed by atoms with Gasteiger partial charge in [0.2, 0.25) is 0 Å². The van der Waals surface area contributed by atoms with E-state index < -0.39 is 5.97 Å². The third-order valence-electron chi connectivity index (χ3n) is 4.37. The second-order valence-corrected chi connectivity index (χ2v) is 6.92. The maximum atomic E-state index is 12.4. The SMILES string of the molecule is COc1ccc(CN(C)C(=O)COC(=O)c2cc(Cl)c3c(c2)OCCCO3)cc1. The summed E-state index contributed by atoms with van der Waals surface area (Å²) in [6, 6.07) is 10.3. The number of nitrogens with zero attached hydrogens (tertiary/aromatic N) is 1. The molecule has 0 radical (unpaired) electrons. The number of carbonyl (C=O) groups is 2. The molecule has 2 aromatic carbocycles. The van der Waals surface area contributed by atoms with Crippen LogP contribution in [0.5, 0.6) is 17.2 Å². The fourth-order valence-electron chi connectivity index (χ4n) is 2.76. The summed E-state index contributed by atoms with van der Waals surface area (Å²) in [5.41, 5.74) is 1.13. The zero-order valence-electron chi connectivity index (χ0n) is 16.3. The fraction of sp³-hybridized carbons (Fsp3) is 0.333. The average molecular weight is 420 g/mol. The number of halogens is 1. The summed E-state index contributed by atoms with van der Waals surface area (Å²) in [4.78, 5) is 26.1. The van der Waals surface area contributed by atoms with Gasteiger partial charge in [-0.1, -0.05) is 23.7 Å². The largest absolute Gasteiger partial charge is 0.497 e. The first-order valence-electron chi connectivity index (χ1n) is 9.11. The number of fused-ring (bicyclic) bond motifs is 1. The molecule has 2 aromatic rings. The van der Waals surface area contributed by atoms with Gasteiger partial charge in [-0.15, -0.1) is 0 Å². The van der Waals surface area contributed by atoms with Crippen LogP contribution in [0.2, 0.25) is 5.02 Å². The van der Waals surface area contributed by atoms with Crippen LogP contribution in [0.25, 0.3) is 0 Å². The molecule has 1 heterocycles. The molecule has 0 bridgehead atoms. The molecule has 8 heteroatoms. The quantitative estimate of drug-likeness (QED) is 0.669. The number of amides is 1. The predicted octanol–water partition coefficient (Wildman–Crippen LogP) is 3.33. The van der Waals surface area contributed by atoms with Crippen molar-refractivity contribution in [3.8, 4) is 17.2 Å². The third kappa shape index (κ3) is 5.32. The van der Waals surface area contributed by atoms with Crippen molar-refractivity contribution in [2.45, 2.75) is 13.0 Å². The summed E-state index contributed by atoms with van der Waals surface area (Å²) in [5, 5.41) is 0.263. The third-order valence-corrected chi connectivity index (χ3v) is 4.65. The fourth-order valence-corrected chi connectivity index (χ4v) is 3.03. The first-order valence-corrected chi connectivity index (χ1v) is 9.49. The van der Waals surface area contributed by atoms with Gasteiger partial charge < -0.3 is 23.8 Å². The smallest absolute Gasteiger partial charge is 0.338 e. The first-order chi connectivity index (χ1) is 14.0. The minimum atomic E-state index is -0.659. The van der Waals surface area contributed by atoms with Gasteiger partial charge in [0.25, 0.3) is 5.91 Å². The Morgan fingerprint density at radius 1 is 1.14 bits per heavy atom. The lowest BCUT2D eigenvalue weighted by Gasteiger charge is -2.17. The lowest BCUT2D eigenvalue weighted by Crippen LogP contribution is -2.30. The molecule has 7 nitrogen and oxygen atoms in total. The molecular formula is C21H22ClNO6. The van der Waals surface area contributed by atoms with Crippen molar-refractivity contribution in [3.05, 3.63) is 52.5 Å². The molecule has 0 aromatic heterocycles. The van der Waals surface area contributed by atoms with Gasteiger partial charge in [0.1, 0.15) is 5.75 Å². The molecule has 0 N–H and O–H groups in total. The van der Waals surface area contributed by atoms with E-state index in [1.54, 1.807) is 14.2 Å². The molecule has 0 atom stereocenters. The molecule has 1 aliphatic heterocycles. The molecule has 0 aliphatic carbocycles. The van der Waals surface area contributed by atoms with Crippen molar-refractivity contribution >= 4 is 23.5 Å². The average Bonchev–Trinajstić information content (AvgIpc) is 2.98. The van der Waals surface area contributed by atoms with E-state index in [9.17, 15) is 9.59 Å². The number of methoxy groups -OCH3 is 1. The van der Waals surface area contributed by atoms with Crippen LogP contribution in [0.3, 0.4) is 0 Å². The second-order valence-electron chi connectivity index (χ2n) is 6.51. The van der Waals surface area contributed by atoms with Crippen LogP contribution in [0, 0.1) is 0 Å². The maximum Gasteiger partial charge on any atom is 0.338 e. The van der Waals surface area contributed by atoms with Crippen LogP contribution in [-0.4, -0.2) is 50.8 Å². The summed E-state index contributed by atoms with van der Waals surface area (Å²) in [6.45, 7) is 0.968. The summed E-state index contributed by atoms with van der Waals surface area (Å²) in [6.07, 6.45) is 0.722. The summed E-state index contributed by atoms with van der Waals surface area (Å²) in [7, 11) is 3.24. The van der Waals surface area contributed by atoms with E-state index in [1.165, 1.54) is 17.0 Å². The Bertz CT molecular complexity index is 883. The lowest BCUT2D eigenvalue weighted by molar-refractivity contribution is -0.133. The van der Waals surface area contributed by atoms with Gasteiger partial charge in [-0.25, -0.2) is 4.79 Å². The second kappa shape index (κ2) is 9.52. The van der Waals surface area contributed by atoms with Crippen molar-refractivity contribution in [2.75, 3.05) is 34.0 Å². The van der Waals surface area contributed by atoms with Crippen LogP contribution in [0.4, 0.5) is 0 Å². The van der Waals surface area contributed by atoms with E-state index in [1.807, 2.05) is 24.3 Å². The number of likely N-dealkylation sites (N-methyl/N-ethyl adjacent to an activating group) is 1. The minimum absolute atomic E-state index is 0.199. The van der Waals surface area contributed by atoms with E-state index in [0.29, 0.717) is 31.3 Å². The minimum Gasteiger partial charge on any atom is -0.497 e. The van der Waals surface area contributed by atoms with Crippen molar-refractivity contribution in [3.63, 3.8) is 0 Å². The van der Waals surface area contributed by atoms with E-state index in [4.69, 9.17) is 30.5 Å². The van der Waals surface area contributed by atoms with Crippen LogP contribution in [0.15, 0.2) is 36.4 Å². The van der Waals surface area contributed by atoms with Crippen LogP contribution in [-0.2, 0) is 16.1 Å². The number of ether oxygens (including phenoxy) is 4. The Morgan fingerprint density at radius 2 is 1.86 bits per heavy atom. The van der Waals surface area contributed by atoms with Crippen molar-refractivity contribution < 1.29 is 28.5 Å². The first kappa shape index (κ1) is 20.8. The molecule has 154 valence electrons. The Balaban J connectivity index is 1.57. The normalized spacial score (nSPS) is 12.7. The standard InChI is InChI=1S/C21H22ClNO6/c1-23(12-14-4-6-16(26-2)7-5-14)19(24)13-29-21(25)15-10-17(22)20-18(11-15)27-8-3-9-28-20/h4-7,10-11H,3,8-9,12-13H2,1-2H3. The molecule has 0 spiro atoms. The predicted molar refractivity (Wildman–Crippen MR) is 107 cm³/mol. The van der Waals surface area contributed by atoms with Crippen LogP contribution < -0.4 is 14.2 Å². The Morgan fingerprint density at radius 3 is 2.59 bits per heavy atom. The van der Waals surface area contributed by atoms with E-state index in [-0.39, 0.29) is 23.1 Å².